The van der Waals surface area contributed by atoms with Crippen molar-refractivity contribution in [2.45, 2.75) is 13.8 Å². The fraction of sp³-hybridized carbons (Fsp3) is 0.0870. The first-order chi connectivity index (χ1) is 14.1. The first-order valence-electron chi connectivity index (χ1n) is 9.27. The van der Waals surface area contributed by atoms with Crippen LogP contribution in [-0.2, 0) is 4.79 Å². The van der Waals surface area contributed by atoms with Crippen LogP contribution in [0.5, 0.6) is 0 Å². The van der Waals surface area contributed by atoms with Crippen molar-refractivity contribution in [3.63, 3.8) is 0 Å². The zero-order valence-electron chi connectivity index (χ0n) is 16.2. The smallest absolute Gasteiger partial charge is 0.280 e. The number of nitrogens with zero attached hydrogens (tertiary/aromatic N) is 3. The van der Waals surface area contributed by atoms with E-state index in [2.05, 4.69) is 10.2 Å². The Morgan fingerprint density at radius 2 is 1.52 bits per heavy atom. The van der Waals surface area contributed by atoms with Gasteiger partial charge in [0, 0.05) is 5.69 Å². The van der Waals surface area contributed by atoms with Crippen LogP contribution in [0.4, 0.5) is 5.69 Å². The van der Waals surface area contributed by atoms with Crippen LogP contribution >= 0.6 is 0 Å². The number of anilines is 1. The zero-order valence-corrected chi connectivity index (χ0v) is 16.2. The van der Waals surface area contributed by atoms with Gasteiger partial charge in [-0.15, -0.1) is 0 Å². The number of hydrogen-bond acceptors (Lipinski definition) is 3. The summed E-state index contributed by atoms with van der Waals surface area (Å²) in [5.41, 5.74) is 3.78. The highest BCUT2D eigenvalue weighted by atomic mass is 16.2. The van der Waals surface area contributed by atoms with Crippen molar-refractivity contribution in [1.29, 1.82) is 0 Å². The van der Waals surface area contributed by atoms with E-state index in [0.717, 1.165) is 17.1 Å². The zero-order chi connectivity index (χ0) is 20.4. The van der Waals surface area contributed by atoms with E-state index in [1.54, 1.807) is 25.2 Å². The standard InChI is InChI=1S/C23H20N4O2/c1-16-20(22(28)26(24-16)18-10-5-3-6-11-18)14-9-15-21-17(2)25-27(23(21)29)19-12-7-4-8-13-19/h3-15,24H,1-2H3/b14-9-,21-15+. The van der Waals surface area contributed by atoms with Gasteiger partial charge in [0.05, 0.1) is 28.2 Å². The van der Waals surface area contributed by atoms with E-state index in [1.165, 1.54) is 9.69 Å². The number of carbonyl (C=O) groups excluding carboxylic acids is 1. The summed E-state index contributed by atoms with van der Waals surface area (Å²) in [6.07, 6.45) is 5.13. The molecule has 0 spiro atoms. The molecule has 1 amide bonds. The van der Waals surface area contributed by atoms with E-state index in [9.17, 15) is 9.59 Å². The Morgan fingerprint density at radius 3 is 2.17 bits per heavy atom. The van der Waals surface area contributed by atoms with Crippen LogP contribution < -0.4 is 10.6 Å². The lowest BCUT2D eigenvalue weighted by Gasteiger charge is -2.10. The van der Waals surface area contributed by atoms with Crippen molar-refractivity contribution in [3.8, 4) is 5.69 Å². The first-order valence-corrected chi connectivity index (χ1v) is 9.27. The van der Waals surface area contributed by atoms with Gasteiger partial charge in [0.15, 0.2) is 0 Å². The molecule has 144 valence electrons. The Kier molecular flexibility index (Phi) is 4.83. The number of benzene rings is 2. The van der Waals surface area contributed by atoms with E-state index in [0.29, 0.717) is 16.8 Å². The molecule has 1 N–H and O–H groups in total. The molecule has 0 atom stereocenters. The monoisotopic (exact) mass is 384 g/mol. The van der Waals surface area contributed by atoms with Gasteiger partial charge >= 0.3 is 0 Å². The summed E-state index contributed by atoms with van der Waals surface area (Å²) in [6, 6.07) is 18.7. The van der Waals surface area contributed by atoms with Gasteiger partial charge in [-0.05, 0) is 50.3 Å². The predicted molar refractivity (Wildman–Crippen MR) is 115 cm³/mol. The molecule has 2 heterocycles. The summed E-state index contributed by atoms with van der Waals surface area (Å²) >= 11 is 0. The number of carbonyl (C=O) groups is 1. The first kappa shape index (κ1) is 18.4. The minimum absolute atomic E-state index is 0.141. The van der Waals surface area contributed by atoms with Crippen molar-refractivity contribution in [2.75, 3.05) is 5.01 Å². The molecule has 6 heteroatoms. The largest absolute Gasteiger partial charge is 0.295 e. The summed E-state index contributed by atoms with van der Waals surface area (Å²) < 4.78 is 1.51. The minimum Gasteiger partial charge on any atom is -0.295 e. The van der Waals surface area contributed by atoms with Gasteiger partial charge in [-0.25, -0.2) is 4.68 Å². The van der Waals surface area contributed by atoms with Crippen LogP contribution in [0.3, 0.4) is 0 Å². The highest BCUT2D eigenvalue weighted by Crippen LogP contribution is 2.23. The van der Waals surface area contributed by atoms with E-state index in [1.807, 2.05) is 67.6 Å². The van der Waals surface area contributed by atoms with Crippen LogP contribution in [0.2, 0.25) is 0 Å². The van der Waals surface area contributed by atoms with Gasteiger partial charge in [0.25, 0.3) is 11.5 Å². The molecule has 0 saturated carbocycles. The maximum atomic E-state index is 12.7. The Morgan fingerprint density at radius 1 is 0.897 bits per heavy atom. The third-order valence-electron chi connectivity index (χ3n) is 4.72. The molecule has 29 heavy (non-hydrogen) atoms. The van der Waals surface area contributed by atoms with Gasteiger partial charge in [-0.2, -0.15) is 10.1 Å². The molecular weight excluding hydrogens is 364 g/mol. The second-order valence-corrected chi connectivity index (χ2v) is 6.70. The van der Waals surface area contributed by atoms with Crippen LogP contribution in [0.1, 0.15) is 18.2 Å². The molecule has 0 radical (unpaired) electrons. The molecule has 6 nitrogen and oxygen atoms in total. The van der Waals surface area contributed by atoms with Crippen LogP contribution in [0.25, 0.3) is 11.8 Å². The van der Waals surface area contributed by atoms with E-state index in [4.69, 9.17) is 0 Å². The second-order valence-electron chi connectivity index (χ2n) is 6.70. The lowest BCUT2D eigenvalue weighted by molar-refractivity contribution is -0.114. The second kappa shape index (κ2) is 7.59. The Bertz CT molecular complexity index is 1200. The summed E-state index contributed by atoms with van der Waals surface area (Å²) in [7, 11) is 0. The SMILES string of the molecule is CC1=NN(c2ccccc2)C(=O)/C1=C/C=C\c1c(C)[nH]n(-c2ccccc2)c1=O. The quantitative estimate of drug-likeness (QED) is 0.695. The van der Waals surface area contributed by atoms with Crippen molar-refractivity contribution >= 4 is 23.4 Å². The van der Waals surface area contributed by atoms with Gasteiger partial charge in [0.2, 0.25) is 0 Å². The van der Waals surface area contributed by atoms with Crippen molar-refractivity contribution in [3.05, 3.63) is 100.0 Å². The molecule has 0 fully saturated rings. The third-order valence-corrected chi connectivity index (χ3v) is 4.72. The molecule has 0 aliphatic carbocycles. The molecule has 0 saturated heterocycles. The highest BCUT2D eigenvalue weighted by molar-refractivity contribution is 6.29. The van der Waals surface area contributed by atoms with Crippen molar-refractivity contribution in [1.82, 2.24) is 9.78 Å². The summed E-state index contributed by atoms with van der Waals surface area (Å²) in [5, 5.41) is 8.83. The number of hydrogen-bond donors (Lipinski definition) is 1. The highest BCUT2D eigenvalue weighted by Gasteiger charge is 2.27. The number of para-hydroxylation sites is 2. The molecule has 1 aliphatic rings. The Labute approximate surface area is 168 Å². The number of allylic oxidation sites excluding steroid dienone is 2. The number of aromatic nitrogens is 2. The number of rotatable bonds is 4. The fourth-order valence-corrected chi connectivity index (χ4v) is 3.21. The normalized spacial score (nSPS) is 15.5. The molecule has 4 rings (SSSR count). The molecular formula is C23H20N4O2. The average molecular weight is 384 g/mol. The lowest BCUT2D eigenvalue weighted by atomic mass is 10.1. The average Bonchev–Trinajstić information content (AvgIpc) is 3.19. The molecule has 1 aromatic heterocycles. The summed E-state index contributed by atoms with van der Waals surface area (Å²) in [6.45, 7) is 3.64. The maximum absolute atomic E-state index is 12.7. The van der Waals surface area contributed by atoms with Gasteiger partial charge in [-0.3, -0.25) is 14.7 Å². The molecule has 0 unspecified atom stereocenters. The molecule has 0 bridgehead atoms. The fourth-order valence-electron chi connectivity index (χ4n) is 3.21. The number of aromatic amines is 1. The van der Waals surface area contributed by atoms with Crippen LogP contribution in [0.15, 0.2) is 88.3 Å². The van der Waals surface area contributed by atoms with Gasteiger partial charge in [-0.1, -0.05) is 42.5 Å². The molecule has 2 aromatic carbocycles. The topological polar surface area (TPSA) is 70.5 Å². The minimum atomic E-state index is -0.189. The molecule has 1 aliphatic heterocycles. The Balaban J connectivity index is 1.60. The number of H-pyrrole nitrogens is 1. The number of amides is 1. The number of hydrazone groups is 1. The van der Waals surface area contributed by atoms with E-state index >= 15 is 0 Å². The predicted octanol–water partition coefficient (Wildman–Crippen LogP) is 3.84. The number of aryl methyl sites for hydroxylation is 1. The lowest BCUT2D eigenvalue weighted by Crippen LogP contribution is -2.21. The van der Waals surface area contributed by atoms with Gasteiger partial charge in [0.1, 0.15) is 0 Å². The summed E-state index contributed by atoms with van der Waals surface area (Å²) in [5.74, 6) is -0.189. The van der Waals surface area contributed by atoms with Gasteiger partial charge < -0.3 is 0 Å². The third kappa shape index (κ3) is 3.48. The Hall–Kier alpha value is -3.93. The van der Waals surface area contributed by atoms with E-state index in [-0.39, 0.29) is 11.5 Å². The van der Waals surface area contributed by atoms with E-state index < -0.39 is 0 Å². The summed E-state index contributed by atoms with van der Waals surface area (Å²) in [4.78, 5) is 25.5. The van der Waals surface area contributed by atoms with Crippen molar-refractivity contribution < 1.29 is 4.79 Å². The number of nitrogens with one attached hydrogen (secondary N) is 1. The van der Waals surface area contributed by atoms with Crippen LogP contribution in [-0.4, -0.2) is 21.4 Å². The molecule has 3 aromatic rings. The van der Waals surface area contributed by atoms with Crippen molar-refractivity contribution in [2.24, 2.45) is 5.10 Å². The van der Waals surface area contributed by atoms with Crippen LogP contribution in [0, 0.1) is 6.92 Å². The maximum Gasteiger partial charge on any atom is 0.280 e.